The monoisotopic (exact) mass is 550 g/mol. The van der Waals surface area contributed by atoms with Gasteiger partial charge in [-0.2, -0.15) is 18.4 Å². The van der Waals surface area contributed by atoms with Gasteiger partial charge in [-0.15, -0.1) is 0 Å². The summed E-state index contributed by atoms with van der Waals surface area (Å²) >= 11 is 0. The molecule has 0 bridgehead atoms. The van der Waals surface area contributed by atoms with Crippen LogP contribution in [0.25, 0.3) is 11.1 Å². The molecule has 0 saturated heterocycles. The number of amides is 2. The Morgan fingerprint density at radius 3 is 2.42 bits per heavy atom. The van der Waals surface area contributed by atoms with Crippen LogP contribution < -0.4 is 10.5 Å². The van der Waals surface area contributed by atoms with E-state index in [1.165, 1.54) is 47.7 Å². The summed E-state index contributed by atoms with van der Waals surface area (Å²) in [6.45, 7) is 3.09. The van der Waals surface area contributed by atoms with Crippen molar-refractivity contribution in [2.45, 2.75) is 26.1 Å². The zero-order valence-electron chi connectivity index (χ0n) is 22.1. The third-order valence-corrected chi connectivity index (χ3v) is 6.70. The number of esters is 1. The zero-order chi connectivity index (χ0) is 29.4. The fourth-order valence-corrected chi connectivity index (χ4v) is 4.71. The van der Waals surface area contributed by atoms with E-state index in [9.17, 15) is 32.8 Å². The van der Waals surface area contributed by atoms with Crippen LogP contribution >= 0.6 is 0 Å². The first-order valence-electron chi connectivity index (χ1n) is 12.2. The van der Waals surface area contributed by atoms with Crippen molar-refractivity contribution < 1.29 is 27.5 Å². The van der Waals surface area contributed by atoms with Gasteiger partial charge in [0.25, 0.3) is 5.56 Å². The molecule has 0 N–H and O–H groups in total. The number of urea groups is 1. The molecule has 2 heterocycles. The van der Waals surface area contributed by atoms with Crippen LogP contribution in [0, 0.1) is 11.3 Å². The normalized spacial score (nSPS) is 15.8. The molecule has 11 heteroatoms. The highest BCUT2D eigenvalue weighted by Crippen LogP contribution is 2.43. The molecule has 0 aliphatic carbocycles. The van der Waals surface area contributed by atoms with E-state index in [1.807, 2.05) is 0 Å². The van der Waals surface area contributed by atoms with Gasteiger partial charge in [-0.25, -0.2) is 9.59 Å². The second kappa shape index (κ2) is 10.7. The van der Waals surface area contributed by atoms with E-state index in [4.69, 9.17) is 4.74 Å². The number of rotatable bonds is 5. The number of halogens is 3. The van der Waals surface area contributed by atoms with Gasteiger partial charge in [0, 0.05) is 32.1 Å². The van der Waals surface area contributed by atoms with Crippen molar-refractivity contribution >= 4 is 17.7 Å². The molecule has 0 fully saturated rings. The molecule has 1 unspecified atom stereocenters. The largest absolute Gasteiger partial charge is 0.463 e. The average molecular weight is 551 g/mol. The fraction of sp³-hybridized carbons (Fsp3) is 0.241. The van der Waals surface area contributed by atoms with E-state index >= 15 is 0 Å². The molecule has 1 aliphatic heterocycles. The zero-order valence-corrected chi connectivity index (χ0v) is 22.1. The summed E-state index contributed by atoms with van der Waals surface area (Å²) in [6.07, 6.45) is -3.09. The van der Waals surface area contributed by atoms with Crippen LogP contribution in [0.5, 0.6) is 0 Å². The molecule has 1 aliphatic rings. The van der Waals surface area contributed by atoms with Crippen LogP contribution in [0.3, 0.4) is 0 Å². The van der Waals surface area contributed by atoms with Crippen LogP contribution in [-0.4, -0.2) is 35.1 Å². The average Bonchev–Trinajstić information content (AvgIpc) is 2.91. The number of hydrogen-bond donors (Lipinski definition) is 0. The van der Waals surface area contributed by atoms with Gasteiger partial charge in [0.2, 0.25) is 0 Å². The van der Waals surface area contributed by atoms with Gasteiger partial charge in [0.1, 0.15) is 0 Å². The quantitative estimate of drug-likeness (QED) is 0.397. The van der Waals surface area contributed by atoms with E-state index in [0.29, 0.717) is 16.7 Å². The summed E-state index contributed by atoms with van der Waals surface area (Å²) in [5.41, 5.74) is 0.375. The van der Waals surface area contributed by atoms with Crippen molar-refractivity contribution in [3.05, 3.63) is 99.1 Å². The fourth-order valence-electron chi connectivity index (χ4n) is 4.71. The number of anilines is 1. The number of hydrogen-bond acceptors (Lipinski definition) is 5. The molecular weight excluding hydrogens is 525 g/mol. The highest BCUT2D eigenvalue weighted by atomic mass is 19.4. The third-order valence-electron chi connectivity index (χ3n) is 6.70. The summed E-state index contributed by atoms with van der Waals surface area (Å²) in [4.78, 5) is 41.9. The van der Waals surface area contributed by atoms with E-state index in [2.05, 4.69) is 6.07 Å². The minimum atomic E-state index is -4.64. The smallest absolute Gasteiger partial charge is 0.416 e. The third kappa shape index (κ3) is 5.08. The Balaban J connectivity index is 1.99. The number of pyridine rings is 1. The van der Waals surface area contributed by atoms with Crippen LogP contribution in [0.15, 0.2) is 76.9 Å². The first-order valence-corrected chi connectivity index (χ1v) is 12.2. The molecule has 0 saturated carbocycles. The molecule has 2 amide bonds. The van der Waals surface area contributed by atoms with Crippen molar-refractivity contribution in [1.29, 1.82) is 5.26 Å². The Morgan fingerprint density at radius 2 is 1.80 bits per heavy atom. The molecule has 1 aromatic heterocycles. The highest BCUT2D eigenvalue weighted by molar-refractivity contribution is 6.03. The number of allylic oxidation sites excluding steroid dienone is 1. The van der Waals surface area contributed by atoms with E-state index in [-0.39, 0.29) is 34.7 Å². The first-order chi connectivity index (χ1) is 18.9. The topological polar surface area (TPSA) is 95.6 Å². The minimum Gasteiger partial charge on any atom is -0.463 e. The van der Waals surface area contributed by atoms with Crippen LogP contribution in [0.1, 0.15) is 36.6 Å². The number of nitriles is 1. The van der Waals surface area contributed by atoms with Gasteiger partial charge in [-0.1, -0.05) is 12.1 Å². The molecule has 0 radical (unpaired) electrons. The van der Waals surface area contributed by atoms with Crippen LogP contribution in [0.2, 0.25) is 0 Å². The molecule has 206 valence electrons. The Bertz CT molecular complexity index is 1640. The van der Waals surface area contributed by atoms with E-state index < -0.39 is 29.8 Å². The van der Waals surface area contributed by atoms with Gasteiger partial charge in [-0.3, -0.25) is 9.69 Å². The first kappa shape index (κ1) is 28.2. The molecule has 4 rings (SSSR count). The maximum absolute atomic E-state index is 13.8. The van der Waals surface area contributed by atoms with Crippen molar-refractivity contribution in [3.8, 4) is 17.2 Å². The number of benzene rings is 2. The Hall–Kier alpha value is -4.85. The van der Waals surface area contributed by atoms with Crippen LogP contribution in [-0.2, 0) is 22.8 Å². The minimum absolute atomic E-state index is 0.0124. The number of aryl methyl sites for hydroxylation is 1. The number of aromatic nitrogens is 1. The van der Waals surface area contributed by atoms with Gasteiger partial charge in [-0.05, 0) is 66.9 Å². The highest BCUT2D eigenvalue weighted by Gasteiger charge is 2.42. The lowest BCUT2D eigenvalue weighted by atomic mass is 9.87. The summed E-state index contributed by atoms with van der Waals surface area (Å²) < 4.78 is 47.1. The lowest BCUT2D eigenvalue weighted by molar-refractivity contribution is -0.139. The maximum Gasteiger partial charge on any atom is 0.416 e. The molecule has 2 aromatic carbocycles. The van der Waals surface area contributed by atoms with Crippen molar-refractivity contribution in [3.63, 3.8) is 0 Å². The molecule has 0 spiro atoms. The number of carbonyl (C=O) groups is 2. The van der Waals surface area contributed by atoms with Gasteiger partial charge in [0.05, 0.1) is 41.1 Å². The van der Waals surface area contributed by atoms with E-state index in [0.717, 1.165) is 17.0 Å². The summed E-state index contributed by atoms with van der Waals surface area (Å²) in [6, 6.07) is 12.3. The Labute approximate surface area is 228 Å². The standard InChI is InChI=1S/C29H25F3N4O4/c1-5-40-27(38)25-17(2)36(21-8-6-7-20(15-21)29(30,31)32)28(39)35(4)26(25)22-10-9-18(16-33)13-23(22)19-11-12-34(3)24(37)14-19/h6-15,26H,5H2,1-4H3. The van der Waals surface area contributed by atoms with Gasteiger partial charge < -0.3 is 14.2 Å². The predicted molar refractivity (Wildman–Crippen MR) is 141 cm³/mol. The van der Waals surface area contributed by atoms with Crippen molar-refractivity contribution in [1.82, 2.24) is 9.47 Å². The molecule has 40 heavy (non-hydrogen) atoms. The molecule has 1 atom stereocenters. The van der Waals surface area contributed by atoms with Crippen molar-refractivity contribution in [2.24, 2.45) is 7.05 Å². The number of carbonyl (C=O) groups excluding carboxylic acids is 2. The predicted octanol–water partition coefficient (Wildman–Crippen LogP) is 5.39. The maximum atomic E-state index is 13.8. The Kier molecular flexibility index (Phi) is 7.55. The van der Waals surface area contributed by atoms with Crippen molar-refractivity contribution in [2.75, 3.05) is 18.6 Å². The second-order valence-electron chi connectivity index (χ2n) is 9.18. The van der Waals surface area contributed by atoms with Crippen LogP contribution in [0.4, 0.5) is 23.7 Å². The summed E-state index contributed by atoms with van der Waals surface area (Å²) in [5, 5.41) is 9.55. The Morgan fingerprint density at radius 1 is 1.07 bits per heavy atom. The molecular formula is C29H25F3N4O4. The van der Waals surface area contributed by atoms with E-state index in [1.54, 1.807) is 38.4 Å². The molecule has 3 aromatic rings. The second-order valence-corrected chi connectivity index (χ2v) is 9.18. The number of alkyl halides is 3. The van der Waals surface area contributed by atoms with Gasteiger partial charge >= 0.3 is 18.2 Å². The lowest BCUT2D eigenvalue weighted by Crippen LogP contribution is -2.49. The number of nitrogens with zero attached hydrogens (tertiary/aromatic N) is 4. The summed E-state index contributed by atoms with van der Waals surface area (Å²) in [5.74, 6) is -0.763. The summed E-state index contributed by atoms with van der Waals surface area (Å²) in [7, 11) is 3.00. The van der Waals surface area contributed by atoms with Gasteiger partial charge in [0.15, 0.2) is 0 Å². The SMILES string of the molecule is CCOC(=O)C1=C(C)N(c2cccc(C(F)(F)F)c2)C(=O)N(C)C1c1ccc(C#N)cc1-c1ccn(C)c(=O)c1. The lowest BCUT2D eigenvalue weighted by Gasteiger charge is -2.41. The number of ether oxygens (including phenoxy) is 1. The number of likely N-dealkylation sites (N-methyl/N-ethyl adjacent to an activating group) is 1. The molecule has 8 nitrogen and oxygen atoms in total.